The Labute approximate surface area is 228 Å². The monoisotopic (exact) mass is 569 g/mol. The van der Waals surface area contributed by atoms with E-state index in [4.69, 9.17) is 14.5 Å². The lowest BCUT2D eigenvalue weighted by atomic mass is 9.73. The summed E-state index contributed by atoms with van der Waals surface area (Å²) < 4.78 is 15.6. The normalized spacial score (nSPS) is 23.8. The zero-order valence-corrected chi connectivity index (χ0v) is 24.3. The number of nitrogens with one attached hydrogen (secondary N) is 1. The fourth-order valence-electron chi connectivity index (χ4n) is 6.42. The number of benzene rings is 1. The predicted molar refractivity (Wildman–Crippen MR) is 152 cm³/mol. The number of aryl methyl sites for hydroxylation is 1. The van der Waals surface area contributed by atoms with Crippen LogP contribution in [0.15, 0.2) is 41.1 Å². The van der Waals surface area contributed by atoms with Gasteiger partial charge in [-0.25, -0.2) is 0 Å². The molecule has 7 heteroatoms. The molecule has 200 valence electrons. The summed E-state index contributed by atoms with van der Waals surface area (Å²) in [5.74, 6) is 0.371. The van der Waals surface area contributed by atoms with Crippen molar-refractivity contribution in [2.45, 2.75) is 71.2 Å². The lowest BCUT2D eigenvalue weighted by Crippen LogP contribution is -2.57. The summed E-state index contributed by atoms with van der Waals surface area (Å²) in [5.41, 5.74) is 5.15. The van der Waals surface area contributed by atoms with Gasteiger partial charge < -0.3 is 24.5 Å². The summed E-state index contributed by atoms with van der Waals surface area (Å²) in [6.45, 7) is 11.2. The largest absolute Gasteiger partial charge is 0.396 e. The highest BCUT2D eigenvalue weighted by Gasteiger charge is 2.43. The van der Waals surface area contributed by atoms with Crippen molar-refractivity contribution >= 4 is 26.8 Å². The third kappa shape index (κ3) is 5.01. The predicted octanol–water partition coefficient (Wildman–Crippen LogP) is 5.68. The van der Waals surface area contributed by atoms with Crippen LogP contribution in [0.4, 0.5) is 0 Å². The molecule has 2 aromatic heterocycles. The summed E-state index contributed by atoms with van der Waals surface area (Å²) in [7, 11) is 1.83. The standard InChI is InChI=1S/C30H40BrN3O3/c1-6-34-27-8-7-22(31)12-25(27)26(13-29(2,3)18-35)28(34)19-9-21(15-32-14-19)30(4,36-5)20-10-23-16-37-17-24(11-20)33-23/h7-9,12,14-15,20,23-24,33,35H,6,10-11,13,16-18H2,1-5H3/t20?,23?,24?,30-/m0/s1. The molecule has 0 radical (unpaired) electrons. The van der Waals surface area contributed by atoms with Crippen LogP contribution in [0.1, 0.15) is 51.7 Å². The van der Waals surface area contributed by atoms with Gasteiger partial charge in [0.05, 0.1) is 24.5 Å². The minimum atomic E-state index is -0.449. The summed E-state index contributed by atoms with van der Waals surface area (Å²) in [6.07, 6.45) is 6.76. The van der Waals surface area contributed by atoms with Crippen molar-refractivity contribution in [1.29, 1.82) is 0 Å². The van der Waals surface area contributed by atoms with Crippen molar-refractivity contribution in [3.05, 3.63) is 52.3 Å². The first-order valence-corrected chi connectivity index (χ1v) is 14.2. The lowest BCUT2D eigenvalue weighted by molar-refractivity contribution is -0.0911. The average molecular weight is 571 g/mol. The smallest absolute Gasteiger partial charge is 0.0943 e. The van der Waals surface area contributed by atoms with E-state index in [1.54, 1.807) is 0 Å². The molecule has 2 aliphatic rings. The Hall–Kier alpha value is -1.77. The number of methoxy groups -OCH3 is 1. The van der Waals surface area contributed by atoms with Gasteiger partial charge in [0.25, 0.3) is 0 Å². The number of pyridine rings is 1. The fraction of sp³-hybridized carbons (Fsp3) is 0.567. The molecule has 0 aliphatic carbocycles. The van der Waals surface area contributed by atoms with Crippen LogP contribution in [0.25, 0.3) is 22.2 Å². The van der Waals surface area contributed by atoms with Gasteiger partial charge in [0.1, 0.15) is 0 Å². The van der Waals surface area contributed by atoms with Gasteiger partial charge in [0.2, 0.25) is 0 Å². The van der Waals surface area contributed by atoms with Gasteiger partial charge in [-0.1, -0.05) is 29.8 Å². The first-order chi connectivity index (χ1) is 17.7. The van der Waals surface area contributed by atoms with E-state index in [2.05, 4.69) is 77.8 Å². The number of piperidine rings is 1. The molecule has 2 bridgehead atoms. The molecule has 1 aromatic carbocycles. The number of hydrogen-bond donors (Lipinski definition) is 2. The number of hydrogen-bond acceptors (Lipinski definition) is 5. The number of rotatable bonds is 8. The van der Waals surface area contributed by atoms with Crippen LogP contribution in [0.2, 0.25) is 0 Å². The van der Waals surface area contributed by atoms with E-state index in [-0.39, 0.29) is 12.0 Å². The molecule has 2 N–H and O–H groups in total. The summed E-state index contributed by atoms with van der Waals surface area (Å²) in [6, 6.07) is 9.53. The molecule has 3 atom stereocenters. The summed E-state index contributed by atoms with van der Waals surface area (Å²) in [4.78, 5) is 4.77. The van der Waals surface area contributed by atoms with Gasteiger partial charge in [-0.15, -0.1) is 0 Å². The molecule has 2 aliphatic heterocycles. The SMILES string of the molecule is CCn1c(-c2cncc([C@@](C)(OC)C3CC4COCC(C3)N4)c2)c(CC(C)(C)CO)c2cc(Br)ccc21. The molecule has 2 fully saturated rings. The number of nitrogens with zero attached hydrogens (tertiary/aromatic N) is 2. The Morgan fingerprint density at radius 1 is 1.16 bits per heavy atom. The second kappa shape index (κ2) is 10.4. The Balaban J connectivity index is 1.64. The van der Waals surface area contributed by atoms with E-state index in [9.17, 15) is 5.11 Å². The van der Waals surface area contributed by atoms with Crippen LogP contribution >= 0.6 is 15.9 Å². The second-order valence-electron chi connectivity index (χ2n) is 11.8. The van der Waals surface area contributed by atoms with Gasteiger partial charge in [-0.05, 0) is 74.3 Å². The van der Waals surface area contributed by atoms with Gasteiger partial charge >= 0.3 is 0 Å². The average Bonchev–Trinajstić information content (AvgIpc) is 3.19. The van der Waals surface area contributed by atoms with Crippen molar-refractivity contribution in [1.82, 2.24) is 14.9 Å². The summed E-state index contributed by atoms with van der Waals surface area (Å²) in [5, 5.41) is 15.1. The molecule has 0 spiro atoms. The second-order valence-corrected chi connectivity index (χ2v) is 12.7. The fourth-order valence-corrected chi connectivity index (χ4v) is 6.78. The molecule has 6 nitrogen and oxygen atoms in total. The Morgan fingerprint density at radius 3 is 2.54 bits per heavy atom. The van der Waals surface area contributed by atoms with Crippen LogP contribution in [-0.4, -0.2) is 53.7 Å². The minimum Gasteiger partial charge on any atom is -0.396 e. The van der Waals surface area contributed by atoms with Crippen LogP contribution in [0.3, 0.4) is 0 Å². The Bertz CT molecular complexity index is 1260. The first kappa shape index (κ1) is 26.8. The maximum absolute atomic E-state index is 10.1. The summed E-state index contributed by atoms with van der Waals surface area (Å²) >= 11 is 3.69. The van der Waals surface area contributed by atoms with Crippen molar-refractivity contribution < 1.29 is 14.6 Å². The topological polar surface area (TPSA) is 68.5 Å². The third-order valence-electron chi connectivity index (χ3n) is 8.57. The van der Waals surface area contributed by atoms with Crippen molar-refractivity contribution in [3.8, 4) is 11.3 Å². The van der Waals surface area contributed by atoms with Crippen molar-refractivity contribution in [3.63, 3.8) is 0 Å². The number of halogens is 1. The molecule has 5 rings (SSSR count). The molecule has 4 heterocycles. The first-order valence-electron chi connectivity index (χ1n) is 13.5. The number of fused-ring (bicyclic) bond motifs is 3. The number of ether oxygens (including phenoxy) is 2. The number of aliphatic hydroxyl groups excluding tert-OH is 1. The van der Waals surface area contributed by atoms with Gasteiger partial charge in [-0.3, -0.25) is 4.98 Å². The maximum atomic E-state index is 10.1. The maximum Gasteiger partial charge on any atom is 0.0943 e. The van der Waals surface area contributed by atoms with E-state index < -0.39 is 5.60 Å². The molecule has 2 saturated heterocycles. The van der Waals surface area contributed by atoms with Crippen LogP contribution < -0.4 is 5.32 Å². The Kier molecular flexibility index (Phi) is 7.55. The third-order valence-corrected chi connectivity index (χ3v) is 9.06. The van der Waals surface area contributed by atoms with Crippen LogP contribution in [0.5, 0.6) is 0 Å². The Morgan fingerprint density at radius 2 is 1.89 bits per heavy atom. The van der Waals surface area contributed by atoms with Gasteiger partial charge in [0, 0.05) is 71.2 Å². The molecule has 37 heavy (non-hydrogen) atoms. The number of morpholine rings is 1. The van der Waals surface area contributed by atoms with Gasteiger partial charge in [-0.2, -0.15) is 0 Å². The van der Waals surface area contributed by atoms with Gasteiger partial charge in [0.15, 0.2) is 0 Å². The lowest BCUT2D eigenvalue weighted by Gasteiger charge is -2.46. The van der Waals surface area contributed by atoms with E-state index in [0.29, 0.717) is 18.0 Å². The molecule has 0 saturated carbocycles. The highest BCUT2D eigenvalue weighted by Crippen LogP contribution is 2.44. The molecule has 0 amide bonds. The van der Waals surface area contributed by atoms with Crippen LogP contribution in [0, 0.1) is 11.3 Å². The highest BCUT2D eigenvalue weighted by molar-refractivity contribution is 9.10. The van der Waals surface area contributed by atoms with Crippen molar-refractivity contribution in [2.24, 2.45) is 11.3 Å². The molecular formula is C30H40BrN3O3. The number of aliphatic hydroxyl groups is 1. The van der Waals surface area contributed by atoms with E-state index >= 15 is 0 Å². The minimum absolute atomic E-state index is 0.126. The van der Waals surface area contributed by atoms with Crippen molar-refractivity contribution in [2.75, 3.05) is 26.9 Å². The molecular weight excluding hydrogens is 530 g/mol. The molecule has 3 aromatic rings. The zero-order valence-electron chi connectivity index (χ0n) is 22.7. The van der Waals surface area contributed by atoms with E-state index in [0.717, 1.165) is 54.6 Å². The van der Waals surface area contributed by atoms with E-state index in [1.165, 1.54) is 22.2 Å². The molecule has 2 unspecified atom stereocenters. The quantitative estimate of drug-likeness (QED) is 0.365. The van der Waals surface area contributed by atoms with E-state index in [1.807, 2.05) is 19.5 Å². The number of aromatic nitrogens is 2. The zero-order chi connectivity index (χ0) is 26.4. The van der Waals surface area contributed by atoms with Crippen LogP contribution in [-0.2, 0) is 28.0 Å². The highest BCUT2D eigenvalue weighted by atomic mass is 79.9.